The fraction of sp³-hybridized carbons (Fsp3) is 0.474. The first-order valence-electron chi connectivity index (χ1n) is 9.50. The molecule has 2 aromatic rings. The van der Waals surface area contributed by atoms with Gasteiger partial charge in [0, 0.05) is 30.4 Å². The van der Waals surface area contributed by atoms with E-state index in [1.807, 2.05) is 18.2 Å². The number of rotatable bonds is 6. The molecule has 0 unspecified atom stereocenters. The highest BCUT2D eigenvalue weighted by atomic mass is 35.5. The zero-order chi connectivity index (χ0) is 21.1. The summed E-state index contributed by atoms with van der Waals surface area (Å²) >= 11 is 6.11. The second-order valence-corrected chi connectivity index (χ2v) is 7.51. The van der Waals surface area contributed by atoms with Crippen LogP contribution < -0.4 is 10.1 Å². The second kappa shape index (κ2) is 8.83. The average Bonchev–Trinajstić information content (AvgIpc) is 3.19. The fourth-order valence-electron chi connectivity index (χ4n) is 3.59. The maximum Gasteiger partial charge on any atom is 0.522 e. The molecule has 11 heteroatoms. The quantitative estimate of drug-likeness (QED) is 0.677. The highest BCUT2D eigenvalue weighted by Crippen LogP contribution is 2.30. The van der Waals surface area contributed by atoms with Crippen molar-refractivity contribution in [3.63, 3.8) is 0 Å². The summed E-state index contributed by atoms with van der Waals surface area (Å²) in [6, 6.07) is 6.08. The van der Waals surface area contributed by atoms with Gasteiger partial charge in [-0.1, -0.05) is 22.8 Å². The number of alkyl halides is 3. The van der Waals surface area contributed by atoms with Crippen LogP contribution in [0.15, 0.2) is 28.8 Å². The third kappa shape index (κ3) is 5.24. The van der Waals surface area contributed by atoms with Crippen molar-refractivity contribution in [2.24, 2.45) is 0 Å². The molecule has 7 nitrogen and oxygen atoms in total. The number of hydrogen-bond acceptors (Lipinski definition) is 7. The molecular weight excluding hydrogens is 425 g/mol. The number of piperidine rings is 1. The number of nitrogens with zero attached hydrogens (tertiary/aromatic N) is 3. The Balaban J connectivity index is 1.26. The largest absolute Gasteiger partial charge is 0.522 e. The van der Waals surface area contributed by atoms with Crippen molar-refractivity contribution in [3.8, 4) is 6.08 Å². The van der Waals surface area contributed by atoms with E-state index in [2.05, 4.69) is 37.4 Å². The Kier molecular flexibility index (Phi) is 6.16. The van der Waals surface area contributed by atoms with E-state index in [0.717, 1.165) is 31.0 Å². The van der Waals surface area contributed by atoms with E-state index in [1.165, 1.54) is 11.1 Å². The number of hydrogen-bond donors (Lipinski definition) is 1. The molecule has 2 aliphatic heterocycles. The minimum absolute atomic E-state index is 0.131. The van der Waals surface area contributed by atoms with E-state index in [-0.39, 0.29) is 18.7 Å². The normalized spacial score (nSPS) is 21.5. The molecule has 1 fully saturated rings. The lowest BCUT2D eigenvalue weighted by Crippen LogP contribution is -2.45. The highest BCUT2D eigenvalue weighted by Gasteiger charge is 2.30. The standard InChI is InChI=1S/C19H20ClF3N4O3/c20-14-2-1-12-5-6-27(11-13(12)9-14)15-3-4-16(24-10-15)17-25-26-18(30-17)28-7-8-29-19(21,22)23/h1-2,5-6,9,15-16,24H,3-4,7-8,10-11H2/t15-,16+/m0/s1. The van der Waals surface area contributed by atoms with Crippen molar-refractivity contribution < 1.29 is 27.1 Å². The molecule has 1 saturated heterocycles. The molecule has 0 spiro atoms. The van der Waals surface area contributed by atoms with Crippen molar-refractivity contribution in [2.45, 2.75) is 37.8 Å². The third-order valence-corrected chi connectivity index (χ3v) is 5.29. The van der Waals surface area contributed by atoms with Crippen LogP contribution in [0.2, 0.25) is 5.02 Å². The Morgan fingerprint density at radius 3 is 2.87 bits per heavy atom. The summed E-state index contributed by atoms with van der Waals surface area (Å²) in [7, 11) is 0. The number of fused-ring (bicyclic) bond motifs is 1. The molecule has 0 radical (unpaired) electrons. The summed E-state index contributed by atoms with van der Waals surface area (Å²) in [4.78, 5) is 2.28. The van der Waals surface area contributed by atoms with Crippen molar-refractivity contribution in [1.29, 1.82) is 0 Å². The van der Waals surface area contributed by atoms with Crippen LogP contribution >= 0.6 is 11.6 Å². The van der Waals surface area contributed by atoms with Crippen LogP contribution in [0.1, 0.15) is 35.9 Å². The molecule has 30 heavy (non-hydrogen) atoms. The van der Waals surface area contributed by atoms with Crippen LogP contribution in [0.25, 0.3) is 6.08 Å². The Bertz CT molecular complexity index is 897. The first kappa shape index (κ1) is 21.0. The molecule has 1 aromatic carbocycles. The van der Waals surface area contributed by atoms with Crippen LogP contribution in [0, 0.1) is 0 Å². The minimum atomic E-state index is -4.69. The SMILES string of the molecule is FC(F)(F)OCCOc1nnc([C@H]2CC[C@H](N3C=Cc4ccc(Cl)cc4C3)CN2)o1. The summed E-state index contributed by atoms with van der Waals surface area (Å²) in [6.07, 6.45) is 1.01. The van der Waals surface area contributed by atoms with Crippen molar-refractivity contribution in [1.82, 2.24) is 20.4 Å². The van der Waals surface area contributed by atoms with E-state index in [9.17, 15) is 13.2 Å². The second-order valence-electron chi connectivity index (χ2n) is 7.07. The van der Waals surface area contributed by atoms with Crippen LogP contribution in [0.4, 0.5) is 13.2 Å². The molecule has 0 saturated carbocycles. The van der Waals surface area contributed by atoms with Crippen LogP contribution in [0.5, 0.6) is 6.08 Å². The van der Waals surface area contributed by atoms with Crippen molar-refractivity contribution >= 4 is 17.7 Å². The maximum absolute atomic E-state index is 11.9. The zero-order valence-electron chi connectivity index (χ0n) is 15.9. The molecule has 0 aliphatic carbocycles. The summed E-state index contributed by atoms with van der Waals surface area (Å²) in [5.41, 5.74) is 2.37. The Morgan fingerprint density at radius 1 is 1.23 bits per heavy atom. The van der Waals surface area contributed by atoms with E-state index < -0.39 is 13.0 Å². The monoisotopic (exact) mass is 444 g/mol. The zero-order valence-corrected chi connectivity index (χ0v) is 16.6. The van der Waals surface area contributed by atoms with Crippen molar-refractivity contribution in [3.05, 3.63) is 46.4 Å². The maximum atomic E-state index is 11.9. The van der Waals surface area contributed by atoms with Gasteiger partial charge in [-0.3, -0.25) is 4.74 Å². The first-order chi connectivity index (χ1) is 14.4. The lowest BCUT2D eigenvalue weighted by molar-refractivity contribution is -0.325. The molecule has 2 atom stereocenters. The average molecular weight is 445 g/mol. The lowest BCUT2D eigenvalue weighted by Gasteiger charge is -2.38. The Hall–Kier alpha value is -2.30. The van der Waals surface area contributed by atoms with Crippen LogP contribution in [0.3, 0.4) is 0 Å². The van der Waals surface area contributed by atoms with Gasteiger partial charge in [-0.15, -0.1) is 18.3 Å². The lowest BCUT2D eigenvalue weighted by atomic mass is 9.97. The Labute approximate surface area is 175 Å². The summed E-state index contributed by atoms with van der Waals surface area (Å²) in [6.45, 7) is 0.529. The molecule has 0 bridgehead atoms. The molecule has 0 amide bonds. The topological polar surface area (TPSA) is 72.7 Å². The van der Waals surface area contributed by atoms with Gasteiger partial charge in [-0.25, -0.2) is 0 Å². The number of halogens is 4. The number of ether oxygens (including phenoxy) is 2. The van der Waals surface area contributed by atoms with Crippen molar-refractivity contribution in [2.75, 3.05) is 19.8 Å². The van der Waals surface area contributed by atoms with Gasteiger partial charge in [0.15, 0.2) is 0 Å². The highest BCUT2D eigenvalue weighted by molar-refractivity contribution is 6.30. The molecule has 4 rings (SSSR count). The number of aromatic nitrogens is 2. The first-order valence-corrected chi connectivity index (χ1v) is 9.88. The van der Waals surface area contributed by atoms with Crippen LogP contribution in [-0.4, -0.2) is 47.3 Å². The molecule has 1 aromatic heterocycles. The summed E-state index contributed by atoms with van der Waals surface area (Å²) < 4.78 is 49.9. The van der Waals surface area contributed by atoms with Gasteiger partial charge in [0.25, 0.3) is 0 Å². The third-order valence-electron chi connectivity index (χ3n) is 5.06. The molecular formula is C19H20ClF3N4O3. The smallest absolute Gasteiger partial charge is 0.447 e. The van der Waals surface area contributed by atoms with Crippen LogP contribution in [-0.2, 0) is 11.3 Å². The summed E-state index contributed by atoms with van der Waals surface area (Å²) in [5.74, 6) is 0.353. The molecule has 2 aliphatic rings. The van der Waals surface area contributed by atoms with E-state index in [4.69, 9.17) is 20.8 Å². The fourth-order valence-corrected chi connectivity index (χ4v) is 3.79. The number of benzene rings is 1. The van der Waals surface area contributed by atoms with E-state index in [1.54, 1.807) is 0 Å². The van der Waals surface area contributed by atoms with Gasteiger partial charge in [0.1, 0.15) is 6.61 Å². The van der Waals surface area contributed by atoms with Gasteiger partial charge in [-0.05, 0) is 42.2 Å². The molecule has 162 valence electrons. The minimum Gasteiger partial charge on any atom is -0.447 e. The molecule has 3 heterocycles. The predicted molar refractivity (Wildman–Crippen MR) is 102 cm³/mol. The molecule has 1 N–H and O–H groups in total. The van der Waals surface area contributed by atoms with Gasteiger partial charge in [0.2, 0.25) is 5.89 Å². The predicted octanol–water partition coefficient (Wildman–Crippen LogP) is 3.92. The number of nitrogens with one attached hydrogen (secondary N) is 1. The van der Waals surface area contributed by atoms with Gasteiger partial charge in [0.05, 0.1) is 12.6 Å². The van der Waals surface area contributed by atoms with E-state index >= 15 is 0 Å². The van der Waals surface area contributed by atoms with Gasteiger partial charge >= 0.3 is 12.4 Å². The van der Waals surface area contributed by atoms with Gasteiger partial charge < -0.3 is 19.4 Å². The summed E-state index contributed by atoms with van der Waals surface area (Å²) in [5, 5.41) is 11.8. The Morgan fingerprint density at radius 2 is 2.10 bits per heavy atom. The van der Waals surface area contributed by atoms with E-state index in [0.29, 0.717) is 11.9 Å². The van der Waals surface area contributed by atoms with Gasteiger partial charge in [-0.2, -0.15) is 0 Å².